The van der Waals surface area contributed by atoms with Gasteiger partial charge in [-0.05, 0) is 24.3 Å². The number of carbonyl (C=O) groups excluding carboxylic acids is 1. The van der Waals surface area contributed by atoms with Crippen LogP contribution in [0.25, 0.3) is 0 Å². The van der Waals surface area contributed by atoms with Crippen LogP contribution in [0, 0.1) is 0 Å². The van der Waals surface area contributed by atoms with Crippen molar-refractivity contribution in [3.8, 4) is 5.75 Å². The van der Waals surface area contributed by atoms with Gasteiger partial charge >= 0.3 is 12.0 Å². The van der Waals surface area contributed by atoms with Crippen molar-refractivity contribution in [2.24, 2.45) is 7.05 Å². The van der Waals surface area contributed by atoms with Gasteiger partial charge in [0.2, 0.25) is 0 Å². The van der Waals surface area contributed by atoms with Crippen LogP contribution < -0.4 is 10.6 Å². The van der Waals surface area contributed by atoms with Gasteiger partial charge in [0.05, 0.1) is 23.5 Å². The molecular weight excluding hydrogens is 276 g/mol. The quantitative estimate of drug-likeness (QED) is 0.630. The van der Waals surface area contributed by atoms with E-state index >= 15 is 0 Å². The molecule has 0 aliphatic carbocycles. The van der Waals surface area contributed by atoms with Gasteiger partial charge < -0.3 is 20.8 Å². The molecule has 21 heavy (non-hydrogen) atoms. The molecule has 2 rings (SSSR count). The van der Waals surface area contributed by atoms with E-state index in [1.807, 2.05) is 0 Å². The zero-order valence-corrected chi connectivity index (χ0v) is 11.2. The maximum absolute atomic E-state index is 11.7. The molecule has 1 aromatic carbocycles. The minimum Gasteiger partial charge on any atom is -0.508 e. The van der Waals surface area contributed by atoms with Crippen molar-refractivity contribution in [3.63, 3.8) is 0 Å². The largest absolute Gasteiger partial charge is 0.508 e. The number of nitrogens with one attached hydrogen (secondary N) is 2. The molecule has 8 nitrogen and oxygen atoms in total. The summed E-state index contributed by atoms with van der Waals surface area (Å²) in [6, 6.07) is 4.87. The number of phenols is 1. The second-order valence-electron chi connectivity index (χ2n) is 4.32. The number of phenolic OH excluding ortho intramolecular Hbond substituents is 1. The number of carboxylic acid groups (broad SMARTS) is 1. The summed E-state index contributed by atoms with van der Waals surface area (Å²) in [7, 11) is 1.76. The number of hydrogen-bond acceptors (Lipinski definition) is 4. The lowest BCUT2D eigenvalue weighted by Gasteiger charge is -2.09. The number of aromatic carboxylic acids is 1. The van der Waals surface area contributed by atoms with Crippen LogP contribution in [0.3, 0.4) is 0 Å². The number of carboxylic acids is 1. The normalized spacial score (nSPS) is 10.1. The summed E-state index contributed by atoms with van der Waals surface area (Å²) in [5.74, 6) is -1.43. The number of aromatic nitrogens is 2. The molecule has 1 aromatic heterocycles. The lowest BCUT2D eigenvalue weighted by molar-refractivity contribution is 0.0697. The SMILES string of the molecule is Cn1ccc(CNC(=O)Nc2ccc(O)cc2C(=O)O)n1. The zero-order chi connectivity index (χ0) is 15.4. The van der Waals surface area contributed by atoms with Gasteiger partial charge in [-0.25, -0.2) is 9.59 Å². The molecule has 0 radical (unpaired) electrons. The van der Waals surface area contributed by atoms with Crippen LogP contribution in [-0.2, 0) is 13.6 Å². The van der Waals surface area contributed by atoms with Crippen molar-refractivity contribution in [3.05, 3.63) is 41.7 Å². The van der Waals surface area contributed by atoms with E-state index in [-0.39, 0.29) is 23.5 Å². The predicted octanol–water partition coefficient (Wildman–Crippen LogP) is 1.15. The number of aryl methyl sites for hydroxylation is 1. The minimum atomic E-state index is -1.24. The van der Waals surface area contributed by atoms with E-state index in [1.54, 1.807) is 24.0 Å². The summed E-state index contributed by atoms with van der Waals surface area (Å²) in [5.41, 5.74) is 0.582. The van der Waals surface area contributed by atoms with E-state index in [0.29, 0.717) is 5.69 Å². The Morgan fingerprint density at radius 1 is 1.33 bits per heavy atom. The summed E-state index contributed by atoms with van der Waals surface area (Å²) in [6.45, 7) is 0.215. The van der Waals surface area contributed by atoms with Crippen molar-refractivity contribution in [2.45, 2.75) is 6.54 Å². The lowest BCUT2D eigenvalue weighted by atomic mass is 10.1. The average Bonchev–Trinajstić information content (AvgIpc) is 2.84. The third-order valence-electron chi connectivity index (χ3n) is 2.68. The van der Waals surface area contributed by atoms with Gasteiger partial charge in [-0.2, -0.15) is 5.10 Å². The maximum Gasteiger partial charge on any atom is 0.337 e. The number of urea groups is 1. The monoisotopic (exact) mass is 290 g/mol. The highest BCUT2D eigenvalue weighted by Gasteiger charge is 2.13. The first-order valence-electron chi connectivity index (χ1n) is 6.05. The molecule has 2 aromatic rings. The molecule has 0 saturated heterocycles. The van der Waals surface area contributed by atoms with Gasteiger partial charge in [-0.3, -0.25) is 4.68 Å². The van der Waals surface area contributed by atoms with Crippen LogP contribution in [0.5, 0.6) is 5.75 Å². The summed E-state index contributed by atoms with van der Waals surface area (Å²) in [6.07, 6.45) is 1.75. The van der Waals surface area contributed by atoms with Crippen LogP contribution in [-0.4, -0.2) is 32.0 Å². The van der Waals surface area contributed by atoms with Gasteiger partial charge in [0.1, 0.15) is 5.75 Å². The second-order valence-corrected chi connectivity index (χ2v) is 4.32. The number of anilines is 1. The minimum absolute atomic E-state index is 0.0961. The maximum atomic E-state index is 11.7. The molecular formula is C13H14N4O4. The van der Waals surface area contributed by atoms with Gasteiger partial charge in [0, 0.05) is 13.2 Å². The fourth-order valence-electron chi connectivity index (χ4n) is 1.71. The third kappa shape index (κ3) is 3.72. The Kier molecular flexibility index (Phi) is 4.07. The van der Waals surface area contributed by atoms with Gasteiger partial charge in [-0.1, -0.05) is 0 Å². The molecule has 0 unspecified atom stereocenters. The van der Waals surface area contributed by atoms with Crippen LogP contribution in [0.2, 0.25) is 0 Å². The van der Waals surface area contributed by atoms with Crippen LogP contribution >= 0.6 is 0 Å². The highest BCUT2D eigenvalue weighted by Crippen LogP contribution is 2.21. The average molecular weight is 290 g/mol. The number of amides is 2. The summed E-state index contributed by atoms with van der Waals surface area (Å²) in [5, 5.41) is 27.4. The summed E-state index contributed by atoms with van der Waals surface area (Å²) in [4.78, 5) is 22.8. The van der Waals surface area contributed by atoms with E-state index in [1.165, 1.54) is 12.1 Å². The lowest BCUT2D eigenvalue weighted by Crippen LogP contribution is -2.29. The van der Waals surface area contributed by atoms with Crippen LogP contribution in [0.4, 0.5) is 10.5 Å². The van der Waals surface area contributed by atoms with Crippen molar-refractivity contribution in [1.82, 2.24) is 15.1 Å². The number of carbonyl (C=O) groups is 2. The Hall–Kier alpha value is -3.03. The van der Waals surface area contributed by atoms with Crippen LogP contribution in [0.1, 0.15) is 16.1 Å². The Labute approximate surface area is 120 Å². The fraction of sp³-hybridized carbons (Fsp3) is 0.154. The molecule has 8 heteroatoms. The molecule has 0 spiro atoms. The van der Waals surface area contributed by atoms with Gasteiger partial charge in [0.25, 0.3) is 0 Å². The van der Waals surface area contributed by atoms with E-state index in [4.69, 9.17) is 5.11 Å². The molecule has 0 atom stereocenters. The standard InChI is InChI=1S/C13H14N4O4/c1-17-5-4-8(16-17)7-14-13(21)15-11-3-2-9(18)6-10(11)12(19)20/h2-6,18H,7H2,1H3,(H,19,20)(H2,14,15,21). The number of hydrogen-bond donors (Lipinski definition) is 4. The topological polar surface area (TPSA) is 116 Å². The number of aromatic hydroxyl groups is 1. The zero-order valence-electron chi connectivity index (χ0n) is 11.2. The first-order chi connectivity index (χ1) is 9.95. The molecule has 0 saturated carbocycles. The van der Waals surface area contributed by atoms with E-state index in [2.05, 4.69) is 15.7 Å². The van der Waals surface area contributed by atoms with E-state index in [0.717, 1.165) is 6.07 Å². The second kappa shape index (κ2) is 5.95. The molecule has 0 bridgehead atoms. The highest BCUT2D eigenvalue weighted by atomic mass is 16.4. The molecule has 0 aliphatic rings. The van der Waals surface area contributed by atoms with Crippen molar-refractivity contribution in [2.75, 3.05) is 5.32 Å². The Bertz CT molecular complexity index is 681. The molecule has 4 N–H and O–H groups in total. The molecule has 110 valence electrons. The van der Waals surface area contributed by atoms with E-state index < -0.39 is 12.0 Å². The Morgan fingerprint density at radius 3 is 2.71 bits per heavy atom. The number of benzene rings is 1. The van der Waals surface area contributed by atoms with Crippen molar-refractivity contribution in [1.29, 1.82) is 0 Å². The fourth-order valence-corrected chi connectivity index (χ4v) is 1.71. The van der Waals surface area contributed by atoms with E-state index in [9.17, 15) is 14.7 Å². The highest BCUT2D eigenvalue weighted by molar-refractivity contribution is 6.00. The summed E-state index contributed by atoms with van der Waals surface area (Å²) < 4.78 is 1.61. The first kappa shape index (κ1) is 14.4. The molecule has 0 aliphatic heterocycles. The summed E-state index contributed by atoms with van der Waals surface area (Å²) >= 11 is 0. The van der Waals surface area contributed by atoms with Crippen LogP contribution in [0.15, 0.2) is 30.5 Å². The first-order valence-corrected chi connectivity index (χ1v) is 6.05. The number of nitrogens with zero attached hydrogens (tertiary/aromatic N) is 2. The van der Waals surface area contributed by atoms with Gasteiger partial charge in [0.15, 0.2) is 0 Å². The molecule has 1 heterocycles. The smallest absolute Gasteiger partial charge is 0.337 e. The molecule has 0 fully saturated rings. The van der Waals surface area contributed by atoms with Crippen molar-refractivity contribution < 1.29 is 19.8 Å². The van der Waals surface area contributed by atoms with Gasteiger partial charge in [-0.15, -0.1) is 0 Å². The Morgan fingerprint density at radius 2 is 2.10 bits per heavy atom. The Balaban J connectivity index is 2.01. The van der Waals surface area contributed by atoms with Crippen molar-refractivity contribution >= 4 is 17.7 Å². The number of rotatable bonds is 4. The predicted molar refractivity (Wildman–Crippen MR) is 74.1 cm³/mol. The third-order valence-corrected chi connectivity index (χ3v) is 2.68. The molecule has 2 amide bonds.